The van der Waals surface area contributed by atoms with Gasteiger partial charge in [0.2, 0.25) is 10.0 Å². The molecule has 8 heteroatoms. The molecule has 0 radical (unpaired) electrons. The molecule has 0 saturated carbocycles. The molecule has 0 aromatic heterocycles. The Morgan fingerprint density at radius 1 is 1.17 bits per heavy atom. The molecule has 1 fully saturated rings. The molecule has 6 nitrogen and oxygen atoms in total. The van der Waals surface area contributed by atoms with E-state index in [1.165, 1.54) is 6.07 Å². The number of benzene rings is 2. The van der Waals surface area contributed by atoms with Gasteiger partial charge in [-0.2, -0.15) is 0 Å². The van der Waals surface area contributed by atoms with Gasteiger partial charge in [-0.15, -0.1) is 0 Å². The van der Waals surface area contributed by atoms with Crippen molar-refractivity contribution in [3.8, 4) is 5.75 Å². The number of nitrogens with zero attached hydrogens (tertiary/aromatic N) is 1. The van der Waals surface area contributed by atoms with Gasteiger partial charge in [0.25, 0.3) is 5.91 Å². The molecule has 0 bridgehead atoms. The van der Waals surface area contributed by atoms with E-state index in [0.29, 0.717) is 36.0 Å². The third-order valence-corrected chi connectivity index (χ3v) is 6.88. The number of aryl methyl sites for hydroxylation is 1. The second kappa shape index (κ2) is 9.61. The summed E-state index contributed by atoms with van der Waals surface area (Å²) in [6.45, 7) is 3.29. The number of para-hydroxylation sites is 1. The molecule has 3 rings (SSSR count). The number of rotatable bonds is 7. The zero-order valence-corrected chi connectivity index (χ0v) is 17.9. The van der Waals surface area contributed by atoms with Gasteiger partial charge in [0.05, 0.1) is 4.90 Å². The summed E-state index contributed by atoms with van der Waals surface area (Å²) in [5.74, 6) is 0.798. The number of nitrogens with one attached hydrogen (secondary N) is 1. The van der Waals surface area contributed by atoms with Crippen molar-refractivity contribution in [2.24, 2.45) is 5.92 Å². The van der Waals surface area contributed by atoms with Gasteiger partial charge in [0.1, 0.15) is 5.75 Å². The number of hydrogen-bond acceptors (Lipinski definition) is 4. The molecule has 29 heavy (non-hydrogen) atoms. The van der Waals surface area contributed by atoms with Crippen LogP contribution in [0.4, 0.5) is 0 Å². The molecule has 1 aliphatic heterocycles. The average molecular weight is 437 g/mol. The Hall–Kier alpha value is -2.09. The number of carbonyl (C=O) groups excluding carboxylic acids is 1. The predicted octanol–water partition coefficient (Wildman–Crippen LogP) is 3.24. The van der Waals surface area contributed by atoms with Crippen molar-refractivity contribution in [1.82, 2.24) is 9.62 Å². The molecule has 1 saturated heterocycles. The van der Waals surface area contributed by atoms with E-state index < -0.39 is 10.0 Å². The van der Waals surface area contributed by atoms with Crippen LogP contribution in [0.3, 0.4) is 0 Å². The highest BCUT2D eigenvalue weighted by molar-refractivity contribution is 7.89. The van der Waals surface area contributed by atoms with E-state index in [-0.39, 0.29) is 23.3 Å². The van der Waals surface area contributed by atoms with E-state index in [9.17, 15) is 13.2 Å². The van der Waals surface area contributed by atoms with Crippen LogP contribution in [0.5, 0.6) is 5.75 Å². The topological polar surface area (TPSA) is 75.7 Å². The van der Waals surface area contributed by atoms with Gasteiger partial charge in [0.15, 0.2) is 6.61 Å². The normalized spacial score (nSPS) is 15.3. The van der Waals surface area contributed by atoms with Crippen molar-refractivity contribution in [2.45, 2.75) is 24.7 Å². The Balaban J connectivity index is 1.46. The lowest BCUT2D eigenvalue weighted by atomic mass is 9.97. The van der Waals surface area contributed by atoms with E-state index in [4.69, 9.17) is 16.3 Å². The number of halogens is 1. The molecule has 2 aromatic rings. The third-order valence-electron chi connectivity index (χ3n) is 5.07. The summed E-state index contributed by atoms with van der Waals surface area (Å²) in [4.78, 5) is 14.3. The summed E-state index contributed by atoms with van der Waals surface area (Å²) in [6.07, 6.45) is 1.49. The lowest BCUT2D eigenvalue weighted by Crippen LogP contribution is -2.43. The van der Waals surface area contributed by atoms with E-state index in [0.717, 1.165) is 12.8 Å². The second-order valence-electron chi connectivity index (χ2n) is 7.19. The van der Waals surface area contributed by atoms with Gasteiger partial charge < -0.3 is 9.64 Å². The maximum absolute atomic E-state index is 12.6. The van der Waals surface area contributed by atoms with Crippen LogP contribution in [-0.2, 0) is 14.8 Å². The summed E-state index contributed by atoms with van der Waals surface area (Å²) in [7, 11) is -3.62. The highest BCUT2D eigenvalue weighted by atomic mass is 35.5. The smallest absolute Gasteiger partial charge is 0.260 e. The molecule has 156 valence electrons. The van der Waals surface area contributed by atoms with Gasteiger partial charge in [0, 0.05) is 24.7 Å². The molecule has 1 N–H and O–H groups in total. The number of piperidine rings is 1. The molecule has 0 spiro atoms. The monoisotopic (exact) mass is 436 g/mol. The van der Waals surface area contributed by atoms with Crippen LogP contribution in [0, 0.1) is 12.8 Å². The Labute approximate surface area is 176 Å². The Bertz CT molecular complexity index is 942. The fraction of sp³-hybridized carbons (Fsp3) is 0.381. The van der Waals surface area contributed by atoms with Gasteiger partial charge in [-0.25, -0.2) is 13.1 Å². The number of likely N-dealkylation sites (tertiary alicyclic amines) is 1. The molecule has 1 heterocycles. The highest BCUT2D eigenvalue weighted by Crippen LogP contribution is 2.22. The van der Waals surface area contributed by atoms with E-state index >= 15 is 0 Å². The Morgan fingerprint density at radius 2 is 1.86 bits per heavy atom. The summed E-state index contributed by atoms with van der Waals surface area (Å²) in [6, 6.07) is 14.1. The van der Waals surface area contributed by atoms with E-state index in [1.807, 2.05) is 30.3 Å². The summed E-state index contributed by atoms with van der Waals surface area (Å²) in [5.41, 5.74) is 0.653. The maximum atomic E-state index is 12.6. The number of carbonyl (C=O) groups is 1. The Morgan fingerprint density at radius 3 is 2.55 bits per heavy atom. The van der Waals surface area contributed by atoms with Crippen LogP contribution in [0.25, 0.3) is 0 Å². The van der Waals surface area contributed by atoms with Crippen LogP contribution in [0.1, 0.15) is 18.4 Å². The van der Waals surface area contributed by atoms with Gasteiger partial charge in [-0.1, -0.05) is 35.9 Å². The molecule has 1 amide bonds. The molecule has 1 aliphatic rings. The lowest BCUT2D eigenvalue weighted by molar-refractivity contribution is -0.134. The maximum Gasteiger partial charge on any atom is 0.260 e. The van der Waals surface area contributed by atoms with Crippen LogP contribution < -0.4 is 9.46 Å². The van der Waals surface area contributed by atoms with Crippen LogP contribution in [-0.4, -0.2) is 45.5 Å². The minimum atomic E-state index is -3.62. The fourth-order valence-corrected chi connectivity index (χ4v) is 4.93. The first-order valence-corrected chi connectivity index (χ1v) is 11.4. The predicted molar refractivity (Wildman–Crippen MR) is 113 cm³/mol. The minimum absolute atomic E-state index is 0.00928. The van der Waals surface area contributed by atoms with Crippen LogP contribution in [0.2, 0.25) is 5.02 Å². The molecule has 2 aromatic carbocycles. The van der Waals surface area contributed by atoms with Crippen molar-refractivity contribution >= 4 is 27.5 Å². The van der Waals surface area contributed by atoms with Crippen LogP contribution in [0.15, 0.2) is 53.4 Å². The average Bonchev–Trinajstić information content (AvgIpc) is 2.73. The van der Waals surface area contributed by atoms with Gasteiger partial charge >= 0.3 is 0 Å². The lowest BCUT2D eigenvalue weighted by Gasteiger charge is -2.32. The molecule has 0 unspecified atom stereocenters. The minimum Gasteiger partial charge on any atom is -0.484 e. The zero-order valence-electron chi connectivity index (χ0n) is 16.3. The summed E-state index contributed by atoms with van der Waals surface area (Å²) >= 11 is 5.94. The number of hydrogen-bond donors (Lipinski definition) is 1. The van der Waals surface area contributed by atoms with Crippen molar-refractivity contribution in [3.05, 3.63) is 59.1 Å². The number of sulfonamides is 1. The molecule has 0 aliphatic carbocycles. The Kier molecular flexibility index (Phi) is 7.16. The van der Waals surface area contributed by atoms with Gasteiger partial charge in [-0.05, 0) is 55.5 Å². The van der Waals surface area contributed by atoms with Crippen molar-refractivity contribution in [2.75, 3.05) is 26.2 Å². The summed E-state index contributed by atoms with van der Waals surface area (Å²) in [5, 5.41) is 0.389. The fourth-order valence-electron chi connectivity index (χ4n) is 3.31. The van der Waals surface area contributed by atoms with Crippen molar-refractivity contribution < 1.29 is 17.9 Å². The van der Waals surface area contributed by atoms with E-state index in [1.54, 1.807) is 24.0 Å². The van der Waals surface area contributed by atoms with Crippen LogP contribution >= 0.6 is 11.6 Å². The number of ether oxygens (including phenoxy) is 1. The standard InChI is InChI=1S/C21H25ClN2O4S/c1-16-7-8-18(22)13-20(16)29(26,27)23-14-17-9-11-24(12-10-17)21(25)15-28-19-5-3-2-4-6-19/h2-8,13,17,23H,9-12,14-15H2,1H3. The second-order valence-corrected chi connectivity index (χ2v) is 9.36. The largest absolute Gasteiger partial charge is 0.484 e. The summed E-state index contributed by atoms with van der Waals surface area (Å²) < 4.78 is 33.4. The molecular formula is C21H25ClN2O4S. The first kappa shape index (κ1) is 21.6. The number of amides is 1. The first-order valence-electron chi connectivity index (χ1n) is 9.56. The van der Waals surface area contributed by atoms with Gasteiger partial charge in [-0.3, -0.25) is 4.79 Å². The SMILES string of the molecule is Cc1ccc(Cl)cc1S(=O)(=O)NCC1CCN(C(=O)COc2ccccc2)CC1. The molecular weight excluding hydrogens is 412 g/mol. The first-order chi connectivity index (χ1) is 13.8. The quantitative estimate of drug-likeness (QED) is 0.722. The third kappa shape index (κ3) is 5.95. The van der Waals surface area contributed by atoms with Crippen molar-refractivity contribution in [3.63, 3.8) is 0 Å². The zero-order chi connectivity index (χ0) is 20.9. The van der Waals surface area contributed by atoms with E-state index in [2.05, 4.69) is 4.72 Å². The van der Waals surface area contributed by atoms with Crippen molar-refractivity contribution in [1.29, 1.82) is 0 Å². The highest BCUT2D eigenvalue weighted by Gasteiger charge is 2.25. The molecule has 0 atom stereocenters.